The number of piperazine rings is 1. The van der Waals surface area contributed by atoms with Crippen LogP contribution in [0, 0.1) is 0 Å². The van der Waals surface area contributed by atoms with E-state index in [4.69, 9.17) is 9.98 Å². The molecule has 0 aliphatic carbocycles. The van der Waals surface area contributed by atoms with Crippen molar-refractivity contribution in [3.8, 4) is 0 Å². The minimum Gasteiger partial charge on any atom is -0.357 e. The zero-order chi connectivity index (χ0) is 19.3. The van der Waals surface area contributed by atoms with Gasteiger partial charge in [0.1, 0.15) is 5.01 Å². The normalized spacial score (nSPS) is 15.9. The molecular weight excluding hydrogens is 358 g/mol. The van der Waals surface area contributed by atoms with Gasteiger partial charge in [-0.3, -0.25) is 0 Å². The van der Waals surface area contributed by atoms with Gasteiger partial charge in [-0.25, -0.2) is 19.9 Å². The average Bonchev–Trinajstić information content (AvgIpc) is 3.16. The average molecular weight is 388 g/mol. The summed E-state index contributed by atoms with van der Waals surface area (Å²) in [5, 5.41) is 6.63. The topological polar surface area (TPSA) is 69.5 Å². The zero-order valence-corrected chi connectivity index (χ0v) is 17.5. The van der Waals surface area contributed by atoms with Crippen molar-refractivity contribution >= 4 is 23.2 Å². The van der Waals surface area contributed by atoms with Gasteiger partial charge in [0, 0.05) is 55.9 Å². The lowest BCUT2D eigenvalue weighted by atomic mass is 9.93. The maximum atomic E-state index is 4.83. The first-order chi connectivity index (χ1) is 13.0. The Morgan fingerprint density at radius 3 is 2.48 bits per heavy atom. The van der Waals surface area contributed by atoms with Gasteiger partial charge >= 0.3 is 0 Å². The van der Waals surface area contributed by atoms with Crippen molar-refractivity contribution in [3.05, 3.63) is 34.5 Å². The van der Waals surface area contributed by atoms with Gasteiger partial charge in [-0.15, -0.1) is 11.3 Å². The van der Waals surface area contributed by atoms with Gasteiger partial charge < -0.3 is 15.1 Å². The van der Waals surface area contributed by atoms with Gasteiger partial charge in [0.05, 0.1) is 12.2 Å². The fraction of sp³-hybridized carbons (Fsp3) is 0.579. The highest BCUT2D eigenvalue weighted by Gasteiger charge is 2.21. The van der Waals surface area contributed by atoms with E-state index in [-0.39, 0.29) is 5.41 Å². The van der Waals surface area contributed by atoms with Crippen molar-refractivity contribution in [2.24, 2.45) is 4.99 Å². The summed E-state index contributed by atoms with van der Waals surface area (Å²) in [4.78, 5) is 22.8. The van der Waals surface area contributed by atoms with Crippen molar-refractivity contribution in [3.63, 3.8) is 0 Å². The molecule has 0 saturated carbocycles. The van der Waals surface area contributed by atoms with Crippen LogP contribution in [0.1, 0.15) is 38.4 Å². The van der Waals surface area contributed by atoms with Crippen molar-refractivity contribution in [2.45, 2.75) is 39.7 Å². The third-order valence-electron chi connectivity index (χ3n) is 4.43. The predicted octanol–water partition coefficient (Wildman–Crippen LogP) is 2.52. The number of aromatic nitrogens is 3. The fourth-order valence-corrected chi connectivity index (χ4v) is 3.81. The monoisotopic (exact) mass is 387 g/mol. The Morgan fingerprint density at radius 1 is 1.19 bits per heavy atom. The molecule has 1 aliphatic rings. The van der Waals surface area contributed by atoms with E-state index in [1.165, 1.54) is 0 Å². The molecule has 1 fully saturated rings. The number of anilines is 1. The SMILES string of the molecule is CCNC(=NCc1nc(C(C)(C)C)cs1)N1CCN(c2ncccn2)CC1. The third-order valence-corrected chi connectivity index (χ3v) is 5.27. The number of nitrogens with zero attached hydrogens (tertiary/aromatic N) is 6. The number of thiazole rings is 1. The molecule has 1 N–H and O–H groups in total. The molecule has 2 aromatic rings. The molecule has 3 rings (SSSR count). The van der Waals surface area contributed by atoms with Crippen molar-refractivity contribution in [1.82, 2.24) is 25.2 Å². The predicted molar refractivity (Wildman–Crippen MR) is 111 cm³/mol. The molecule has 1 saturated heterocycles. The smallest absolute Gasteiger partial charge is 0.225 e. The second kappa shape index (κ2) is 8.65. The highest BCUT2D eigenvalue weighted by atomic mass is 32.1. The molecule has 27 heavy (non-hydrogen) atoms. The number of rotatable bonds is 4. The maximum Gasteiger partial charge on any atom is 0.225 e. The molecule has 0 unspecified atom stereocenters. The molecule has 0 aromatic carbocycles. The van der Waals surface area contributed by atoms with Crippen LogP contribution < -0.4 is 10.2 Å². The Kier molecular flexibility index (Phi) is 6.26. The van der Waals surface area contributed by atoms with Crippen molar-refractivity contribution in [2.75, 3.05) is 37.6 Å². The second-order valence-corrected chi connectivity index (χ2v) is 8.51. The Hall–Kier alpha value is -2.22. The first kappa shape index (κ1) is 19.5. The molecule has 0 bridgehead atoms. The number of guanidine groups is 1. The van der Waals surface area contributed by atoms with Crippen LogP contribution in [0.2, 0.25) is 0 Å². The summed E-state index contributed by atoms with van der Waals surface area (Å²) in [6, 6.07) is 1.85. The van der Waals surface area contributed by atoms with Gasteiger partial charge in [0.25, 0.3) is 0 Å². The number of nitrogens with one attached hydrogen (secondary N) is 1. The van der Waals surface area contributed by atoms with Crippen LogP contribution in [0.25, 0.3) is 0 Å². The summed E-state index contributed by atoms with van der Waals surface area (Å²) in [6.07, 6.45) is 3.58. The summed E-state index contributed by atoms with van der Waals surface area (Å²) >= 11 is 1.69. The number of hydrogen-bond donors (Lipinski definition) is 1. The van der Waals surface area contributed by atoms with Gasteiger partial charge in [-0.2, -0.15) is 0 Å². The fourth-order valence-electron chi connectivity index (χ4n) is 2.87. The Morgan fingerprint density at radius 2 is 1.89 bits per heavy atom. The molecule has 0 amide bonds. The first-order valence-electron chi connectivity index (χ1n) is 9.47. The first-order valence-corrected chi connectivity index (χ1v) is 10.4. The van der Waals surface area contributed by atoms with Crippen molar-refractivity contribution < 1.29 is 0 Å². The molecule has 2 aromatic heterocycles. The lowest BCUT2D eigenvalue weighted by molar-refractivity contribution is 0.370. The van der Waals surface area contributed by atoms with Crippen LogP contribution in [0.4, 0.5) is 5.95 Å². The van der Waals surface area contributed by atoms with E-state index < -0.39 is 0 Å². The van der Waals surface area contributed by atoms with Crippen LogP contribution in [0.3, 0.4) is 0 Å². The van der Waals surface area contributed by atoms with Gasteiger partial charge in [-0.1, -0.05) is 20.8 Å². The van der Waals surface area contributed by atoms with Crippen LogP contribution in [-0.2, 0) is 12.0 Å². The van der Waals surface area contributed by atoms with E-state index in [1.54, 1.807) is 23.7 Å². The lowest BCUT2D eigenvalue weighted by Crippen LogP contribution is -2.52. The molecule has 3 heterocycles. The Labute approximate surface area is 165 Å². The highest BCUT2D eigenvalue weighted by molar-refractivity contribution is 7.09. The number of hydrogen-bond acceptors (Lipinski definition) is 6. The highest BCUT2D eigenvalue weighted by Crippen LogP contribution is 2.24. The summed E-state index contributed by atoms with van der Waals surface area (Å²) in [7, 11) is 0. The van der Waals surface area contributed by atoms with Crippen LogP contribution in [-0.4, -0.2) is 58.5 Å². The Bertz CT molecular complexity index is 743. The molecular formula is C19H29N7S. The molecule has 0 radical (unpaired) electrons. The van der Waals surface area contributed by atoms with E-state index in [0.717, 1.165) is 55.3 Å². The molecule has 8 heteroatoms. The van der Waals surface area contributed by atoms with E-state index >= 15 is 0 Å². The van der Waals surface area contributed by atoms with Crippen LogP contribution >= 0.6 is 11.3 Å². The van der Waals surface area contributed by atoms with Crippen molar-refractivity contribution in [1.29, 1.82) is 0 Å². The van der Waals surface area contributed by atoms with E-state index in [9.17, 15) is 0 Å². The Balaban J connectivity index is 1.62. The van der Waals surface area contributed by atoms with E-state index in [2.05, 4.69) is 58.2 Å². The molecule has 7 nitrogen and oxygen atoms in total. The molecule has 0 atom stereocenters. The number of aliphatic imine (C=N–C) groups is 1. The standard InChI is InChI=1S/C19H29N7S/c1-5-20-17(23-13-16-24-15(14-27-16)19(2,3)4)25-9-11-26(12-10-25)18-21-7-6-8-22-18/h6-8,14H,5,9-13H2,1-4H3,(H,20,23). The molecule has 0 spiro atoms. The summed E-state index contributed by atoms with van der Waals surface area (Å²) < 4.78 is 0. The molecule has 146 valence electrons. The quantitative estimate of drug-likeness (QED) is 0.642. The largest absolute Gasteiger partial charge is 0.357 e. The van der Waals surface area contributed by atoms with Crippen LogP contribution in [0.5, 0.6) is 0 Å². The lowest BCUT2D eigenvalue weighted by Gasteiger charge is -2.36. The second-order valence-electron chi connectivity index (χ2n) is 7.57. The van der Waals surface area contributed by atoms with Gasteiger partial charge in [0.2, 0.25) is 5.95 Å². The summed E-state index contributed by atoms with van der Waals surface area (Å²) in [5.41, 5.74) is 1.22. The van der Waals surface area contributed by atoms with Gasteiger partial charge in [-0.05, 0) is 13.0 Å². The van der Waals surface area contributed by atoms with E-state index in [0.29, 0.717) is 6.54 Å². The van der Waals surface area contributed by atoms with Crippen LogP contribution in [0.15, 0.2) is 28.8 Å². The maximum absolute atomic E-state index is 4.83. The summed E-state index contributed by atoms with van der Waals surface area (Å²) in [5.74, 6) is 1.76. The van der Waals surface area contributed by atoms with E-state index in [1.807, 2.05) is 6.07 Å². The van der Waals surface area contributed by atoms with Gasteiger partial charge in [0.15, 0.2) is 5.96 Å². The molecule has 1 aliphatic heterocycles. The minimum absolute atomic E-state index is 0.0821. The zero-order valence-electron chi connectivity index (χ0n) is 16.6. The summed E-state index contributed by atoms with van der Waals surface area (Å²) in [6.45, 7) is 13.7. The third kappa shape index (κ3) is 5.15. The minimum atomic E-state index is 0.0821.